The van der Waals surface area contributed by atoms with Gasteiger partial charge in [-0.2, -0.15) is 8.42 Å². The van der Waals surface area contributed by atoms with E-state index in [4.69, 9.17) is 4.55 Å². The summed E-state index contributed by atoms with van der Waals surface area (Å²) in [6.45, 7) is 3.34. The molecule has 0 saturated carbocycles. The van der Waals surface area contributed by atoms with E-state index < -0.39 is 15.4 Å². The van der Waals surface area contributed by atoms with Gasteiger partial charge >= 0.3 is 0 Å². The SMILES string of the molecule is Cc1cccc(C(C)S(=O)(=O)O)c1. The molecule has 72 valence electrons. The fraction of sp³-hybridized carbons (Fsp3) is 0.333. The number of rotatable bonds is 2. The third kappa shape index (κ3) is 2.54. The van der Waals surface area contributed by atoms with Crippen LogP contribution >= 0.6 is 0 Å². The van der Waals surface area contributed by atoms with Crippen LogP contribution in [-0.4, -0.2) is 13.0 Å². The first-order valence-electron chi connectivity index (χ1n) is 3.94. The van der Waals surface area contributed by atoms with Crippen LogP contribution in [-0.2, 0) is 10.1 Å². The van der Waals surface area contributed by atoms with Crippen LogP contribution in [0.25, 0.3) is 0 Å². The Hall–Kier alpha value is -0.870. The quantitative estimate of drug-likeness (QED) is 0.742. The minimum absolute atomic E-state index is 0.613. The maximum atomic E-state index is 10.8. The van der Waals surface area contributed by atoms with Crippen molar-refractivity contribution in [2.24, 2.45) is 0 Å². The van der Waals surface area contributed by atoms with Crippen molar-refractivity contribution < 1.29 is 13.0 Å². The molecule has 0 heterocycles. The average molecular weight is 200 g/mol. The Balaban J connectivity index is 3.10. The highest BCUT2D eigenvalue weighted by molar-refractivity contribution is 7.86. The minimum Gasteiger partial charge on any atom is -0.285 e. The summed E-state index contributed by atoms with van der Waals surface area (Å²) >= 11 is 0. The lowest BCUT2D eigenvalue weighted by Gasteiger charge is -2.08. The van der Waals surface area contributed by atoms with Gasteiger partial charge in [-0.25, -0.2) is 0 Å². The van der Waals surface area contributed by atoms with E-state index >= 15 is 0 Å². The molecule has 0 saturated heterocycles. The summed E-state index contributed by atoms with van der Waals surface area (Å²) in [5.74, 6) is 0. The van der Waals surface area contributed by atoms with Crippen LogP contribution in [0.1, 0.15) is 23.3 Å². The van der Waals surface area contributed by atoms with Gasteiger partial charge in [-0.15, -0.1) is 0 Å². The van der Waals surface area contributed by atoms with E-state index in [2.05, 4.69) is 0 Å². The van der Waals surface area contributed by atoms with Crippen molar-refractivity contribution in [2.75, 3.05) is 0 Å². The van der Waals surface area contributed by atoms with E-state index in [-0.39, 0.29) is 0 Å². The van der Waals surface area contributed by atoms with E-state index in [9.17, 15) is 8.42 Å². The first-order valence-corrected chi connectivity index (χ1v) is 5.44. The summed E-state index contributed by atoms with van der Waals surface area (Å²) in [5, 5.41) is -0.854. The highest BCUT2D eigenvalue weighted by atomic mass is 32.2. The van der Waals surface area contributed by atoms with E-state index in [1.807, 2.05) is 13.0 Å². The number of hydrogen-bond acceptors (Lipinski definition) is 2. The Labute approximate surface area is 78.2 Å². The normalized spacial score (nSPS) is 14.1. The molecule has 0 amide bonds. The van der Waals surface area contributed by atoms with Gasteiger partial charge in [0.05, 0.1) is 0 Å². The van der Waals surface area contributed by atoms with Crippen LogP contribution < -0.4 is 0 Å². The Kier molecular flexibility index (Phi) is 2.73. The minimum atomic E-state index is -3.97. The summed E-state index contributed by atoms with van der Waals surface area (Å²) in [7, 11) is -3.97. The zero-order chi connectivity index (χ0) is 10.1. The first-order chi connectivity index (χ1) is 5.91. The largest absolute Gasteiger partial charge is 0.285 e. The molecule has 1 aromatic carbocycles. The molecule has 0 aromatic heterocycles. The summed E-state index contributed by atoms with van der Waals surface area (Å²) in [5.41, 5.74) is 1.59. The first kappa shape index (κ1) is 10.2. The molecule has 1 N–H and O–H groups in total. The molecule has 1 aromatic rings. The Morgan fingerprint density at radius 2 is 2.00 bits per heavy atom. The van der Waals surface area contributed by atoms with Crippen LogP contribution in [0, 0.1) is 6.92 Å². The number of aryl methyl sites for hydroxylation is 1. The van der Waals surface area contributed by atoms with Crippen LogP contribution in [0.2, 0.25) is 0 Å². The van der Waals surface area contributed by atoms with E-state index in [0.29, 0.717) is 5.56 Å². The van der Waals surface area contributed by atoms with Gasteiger partial charge in [-0.3, -0.25) is 4.55 Å². The second-order valence-electron chi connectivity index (χ2n) is 3.07. The fourth-order valence-corrected chi connectivity index (χ4v) is 1.59. The topological polar surface area (TPSA) is 54.4 Å². The van der Waals surface area contributed by atoms with Crippen molar-refractivity contribution in [3.05, 3.63) is 35.4 Å². The monoisotopic (exact) mass is 200 g/mol. The smallest absolute Gasteiger partial charge is 0.271 e. The zero-order valence-electron chi connectivity index (χ0n) is 7.56. The molecule has 4 heteroatoms. The molecule has 0 aliphatic rings. The van der Waals surface area contributed by atoms with Crippen molar-refractivity contribution >= 4 is 10.1 Å². The van der Waals surface area contributed by atoms with Crippen molar-refractivity contribution in [1.29, 1.82) is 0 Å². The van der Waals surface area contributed by atoms with Gasteiger partial charge in [0.1, 0.15) is 5.25 Å². The standard InChI is InChI=1S/C9H12O3S/c1-7-4-3-5-9(6-7)8(2)13(10,11)12/h3-6,8H,1-2H3,(H,10,11,12). The zero-order valence-corrected chi connectivity index (χ0v) is 8.38. The molecular formula is C9H12O3S. The third-order valence-corrected chi connectivity index (χ3v) is 3.12. The van der Waals surface area contributed by atoms with Gasteiger partial charge in [0.25, 0.3) is 10.1 Å². The third-order valence-electron chi connectivity index (χ3n) is 1.96. The fourth-order valence-electron chi connectivity index (χ4n) is 1.09. The maximum Gasteiger partial charge on any atom is 0.271 e. The highest BCUT2D eigenvalue weighted by Gasteiger charge is 2.18. The summed E-state index contributed by atoms with van der Waals surface area (Å²) in [6, 6.07) is 7.08. The molecule has 0 bridgehead atoms. The van der Waals surface area contributed by atoms with Crippen molar-refractivity contribution in [3.63, 3.8) is 0 Å². The van der Waals surface area contributed by atoms with E-state index in [1.54, 1.807) is 18.2 Å². The Morgan fingerprint density at radius 1 is 1.38 bits per heavy atom. The lowest BCUT2D eigenvalue weighted by Crippen LogP contribution is -2.08. The lowest BCUT2D eigenvalue weighted by molar-refractivity contribution is 0.472. The number of benzene rings is 1. The lowest BCUT2D eigenvalue weighted by atomic mass is 10.1. The molecule has 0 spiro atoms. The molecule has 0 aliphatic heterocycles. The van der Waals surface area contributed by atoms with Gasteiger partial charge in [-0.1, -0.05) is 29.8 Å². The van der Waals surface area contributed by atoms with Gasteiger partial charge in [0.15, 0.2) is 0 Å². The van der Waals surface area contributed by atoms with E-state index in [0.717, 1.165) is 5.56 Å². The second kappa shape index (κ2) is 3.47. The average Bonchev–Trinajstić information content (AvgIpc) is 2.01. The number of hydrogen-bond donors (Lipinski definition) is 1. The predicted molar refractivity (Wildman–Crippen MR) is 51.1 cm³/mol. The highest BCUT2D eigenvalue weighted by Crippen LogP contribution is 2.20. The molecule has 1 atom stereocenters. The van der Waals surface area contributed by atoms with Gasteiger partial charge in [-0.05, 0) is 19.4 Å². The predicted octanol–water partition coefficient (Wildman–Crippen LogP) is 1.94. The molecule has 13 heavy (non-hydrogen) atoms. The molecule has 1 rings (SSSR count). The van der Waals surface area contributed by atoms with Gasteiger partial charge in [0.2, 0.25) is 0 Å². The van der Waals surface area contributed by atoms with Crippen LogP contribution in [0.15, 0.2) is 24.3 Å². The van der Waals surface area contributed by atoms with Crippen LogP contribution in [0.5, 0.6) is 0 Å². The molecule has 1 unspecified atom stereocenters. The van der Waals surface area contributed by atoms with Gasteiger partial charge in [0, 0.05) is 0 Å². The summed E-state index contributed by atoms with van der Waals surface area (Å²) < 4.78 is 30.4. The maximum absolute atomic E-state index is 10.8. The van der Waals surface area contributed by atoms with Crippen molar-refractivity contribution in [1.82, 2.24) is 0 Å². The summed E-state index contributed by atoms with van der Waals surface area (Å²) in [4.78, 5) is 0. The molecule has 0 radical (unpaired) electrons. The second-order valence-corrected chi connectivity index (χ2v) is 4.81. The van der Waals surface area contributed by atoms with Crippen molar-refractivity contribution in [3.8, 4) is 0 Å². The molecule has 0 aliphatic carbocycles. The van der Waals surface area contributed by atoms with Crippen LogP contribution in [0.3, 0.4) is 0 Å². The Morgan fingerprint density at radius 3 is 2.46 bits per heavy atom. The molecular weight excluding hydrogens is 188 g/mol. The van der Waals surface area contributed by atoms with E-state index in [1.165, 1.54) is 6.92 Å². The molecule has 3 nitrogen and oxygen atoms in total. The molecule has 0 fully saturated rings. The van der Waals surface area contributed by atoms with Gasteiger partial charge < -0.3 is 0 Å². The van der Waals surface area contributed by atoms with Crippen molar-refractivity contribution in [2.45, 2.75) is 19.1 Å². The summed E-state index contributed by atoms with van der Waals surface area (Å²) in [6.07, 6.45) is 0. The van der Waals surface area contributed by atoms with Crippen LogP contribution in [0.4, 0.5) is 0 Å². The Bertz CT molecular complexity index is 395.